The summed E-state index contributed by atoms with van der Waals surface area (Å²) in [5.41, 5.74) is 1.76. The molecule has 4 unspecified atom stereocenters. The van der Waals surface area contributed by atoms with Gasteiger partial charge in [-0.2, -0.15) is 0 Å². The van der Waals surface area contributed by atoms with E-state index in [0.717, 1.165) is 7.11 Å². The van der Waals surface area contributed by atoms with E-state index in [2.05, 4.69) is 0 Å². The van der Waals surface area contributed by atoms with Crippen LogP contribution < -0.4 is 10.6 Å². The number of amides is 1. The largest absolute Gasteiger partial charge is 0.510 e. The number of fused-ring (bicyclic) bond motifs is 3. The molecule has 4 rings (SSSR count). The topological polar surface area (TPSA) is 191 Å². The molecule has 12 nitrogen and oxygen atoms in total. The third kappa shape index (κ3) is 3.43. The van der Waals surface area contributed by atoms with E-state index >= 15 is 0 Å². The first-order valence-electron chi connectivity index (χ1n) is 11.5. The van der Waals surface area contributed by atoms with E-state index in [1.54, 1.807) is 33.1 Å². The molecule has 0 saturated carbocycles. The van der Waals surface area contributed by atoms with Crippen LogP contribution >= 0.6 is 0 Å². The summed E-state index contributed by atoms with van der Waals surface area (Å²) in [6.45, 7) is 0. The Kier molecular flexibility index (Phi) is 6.08. The Bertz CT molecular complexity index is 1330. The smallest absolute Gasteiger partial charge is 0.341 e. The normalized spacial score (nSPS) is 27.1. The van der Waals surface area contributed by atoms with E-state index in [1.807, 2.05) is 0 Å². The molecule has 3 aliphatic carbocycles. The number of ether oxygens (including phenoxy) is 1. The quantitative estimate of drug-likeness (QED) is 0.267. The zero-order valence-corrected chi connectivity index (χ0v) is 21.0. The fraction of sp³-hybridized carbons (Fsp3) is 0.440. The number of carbonyl (C=O) groups is 4. The highest BCUT2D eigenvalue weighted by atomic mass is 16.5. The Morgan fingerprint density at radius 1 is 1.14 bits per heavy atom. The molecule has 0 saturated heterocycles. The van der Waals surface area contributed by atoms with Crippen molar-refractivity contribution in [2.24, 2.45) is 17.6 Å². The minimum atomic E-state index is -2.73. The number of hydrogen-bond acceptors (Lipinski definition) is 11. The molecule has 37 heavy (non-hydrogen) atoms. The summed E-state index contributed by atoms with van der Waals surface area (Å²) in [5.74, 6) is -8.47. The number of phenolic OH excluding ortho intramolecular Hbond substituents is 1. The number of primary amides is 1. The second kappa shape index (κ2) is 8.60. The highest BCUT2D eigenvalue weighted by Crippen LogP contribution is 2.53. The minimum Gasteiger partial charge on any atom is -0.510 e. The van der Waals surface area contributed by atoms with E-state index in [4.69, 9.17) is 10.5 Å². The van der Waals surface area contributed by atoms with Gasteiger partial charge in [0.05, 0.1) is 18.7 Å². The number of benzene rings is 1. The number of phenols is 1. The minimum absolute atomic E-state index is 0.0296. The van der Waals surface area contributed by atoms with Gasteiger partial charge in [-0.3, -0.25) is 19.3 Å². The molecular weight excluding hydrogens is 486 g/mol. The van der Waals surface area contributed by atoms with E-state index in [0.29, 0.717) is 11.3 Å². The van der Waals surface area contributed by atoms with Crippen molar-refractivity contribution < 1.29 is 44.3 Å². The van der Waals surface area contributed by atoms with Gasteiger partial charge in [0, 0.05) is 31.3 Å². The summed E-state index contributed by atoms with van der Waals surface area (Å²) in [6, 6.07) is 0.329. The molecule has 0 heterocycles. The highest BCUT2D eigenvalue weighted by molar-refractivity contribution is 6.25. The number of methoxy groups -OCH3 is 1. The number of esters is 1. The Morgan fingerprint density at radius 2 is 1.76 bits per heavy atom. The highest BCUT2D eigenvalue weighted by Gasteiger charge is 2.63. The Labute approximate surface area is 212 Å². The predicted octanol–water partition coefficient (Wildman–Crippen LogP) is -0.0268. The number of nitrogens with zero attached hydrogens (tertiary/aromatic N) is 2. The maximum Gasteiger partial charge on any atom is 0.341 e. The second-order valence-corrected chi connectivity index (χ2v) is 9.99. The lowest BCUT2D eigenvalue weighted by Gasteiger charge is -2.50. The number of likely N-dealkylation sites (N-methyl/N-ethyl adjacent to an activating group) is 1. The van der Waals surface area contributed by atoms with Crippen LogP contribution in [0.15, 0.2) is 28.7 Å². The van der Waals surface area contributed by atoms with E-state index in [-0.39, 0.29) is 29.5 Å². The number of allylic oxidation sites excluding steroid dienone is 1. The summed E-state index contributed by atoms with van der Waals surface area (Å²) in [4.78, 5) is 54.7. The number of Topliss-reactive ketones (excluding diaryl/α,β-unsaturated/α-hetero) is 2. The van der Waals surface area contributed by atoms with Crippen LogP contribution in [0.1, 0.15) is 32.7 Å². The molecule has 0 aromatic heterocycles. The van der Waals surface area contributed by atoms with Crippen LogP contribution in [-0.2, 0) is 20.7 Å². The van der Waals surface area contributed by atoms with Crippen molar-refractivity contribution in [1.82, 2.24) is 4.90 Å². The SMILES string of the molecule is COC(=O)c1cc(N(C)C)c2c(c1O)C(=O)C1=C(O)C3(O)C(=O)C(C(N)=O)=C(O)C(N(C)C)C3CC1C2. The first-order valence-corrected chi connectivity index (χ1v) is 11.5. The van der Waals surface area contributed by atoms with Gasteiger partial charge in [0.2, 0.25) is 5.78 Å². The number of ketones is 2. The number of aliphatic hydroxyl groups excluding tert-OH is 2. The van der Waals surface area contributed by atoms with Crippen molar-refractivity contribution in [2.45, 2.75) is 24.5 Å². The number of rotatable bonds is 4. The lowest BCUT2D eigenvalue weighted by molar-refractivity contribution is -0.148. The van der Waals surface area contributed by atoms with Gasteiger partial charge in [0.1, 0.15) is 28.4 Å². The van der Waals surface area contributed by atoms with Crippen LogP contribution in [0.25, 0.3) is 0 Å². The fourth-order valence-electron chi connectivity index (χ4n) is 5.96. The molecule has 0 radical (unpaired) electrons. The van der Waals surface area contributed by atoms with E-state index < -0.39 is 69.8 Å². The summed E-state index contributed by atoms with van der Waals surface area (Å²) in [7, 11) is 7.62. The Morgan fingerprint density at radius 3 is 2.27 bits per heavy atom. The summed E-state index contributed by atoms with van der Waals surface area (Å²) >= 11 is 0. The van der Waals surface area contributed by atoms with Crippen LogP contribution in [0.3, 0.4) is 0 Å². The van der Waals surface area contributed by atoms with Crippen LogP contribution in [0, 0.1) is 11.8 Å². The average Bonchev–Trinajstić information content (AvgIpc) is 2.80. The zero-order chi connectivity index (χ0) is 27.7. The third-order valence-electron chi connectivity index (χ3n) is 7.59. The van der Waals surface area contributed by atoms with Crippen LogP contribution in [0.4, 0.5) is 5.69 Å². The molecule has 4 atom stereocenters. The summed E-state index contributed by atoms with van der Waals surface area (Å²) < 4.78 is 4.73. The van der Waals surface area contributed by atoms with Gasteiger partial charge in [-0.1, -0.05) is 0 Å². The Balaban J connectivity index is 2.01. The van der Waals surface area contributed by atoms with E-state index in [1.165, 1.54) is 11.0 Å². The molecule has 0 bridgehead atoms. The van der Waals surface area contributed by atoms with Crippen molar-refractivity contribution in [3.8, 4) is 5.75 Å². The summed E-state index contributed by atoms with van der Waals surface area (Å²) in [5, 5.41) is 44.7. The first kappa shape index (κ1) is 26.2. The lowest BCUT2D eigenvalue weighted by Crippen LogP contribution is -2.63. The van der Waals surface area contributed by atoms with Gasteiger partial charge in [-0.15, -0.1) is 0 Å². The van der Waals surface area contributed by atoms with Gasteiger partial charge in [-0.25, -0.2) is 4.79 Å². The van der Waals surface area contributed by atoms with Crippen molar-refractivity contribution in [3.63, 3.8) is 0 Å². The molecule has 0 spiro atoms. The van der Waals surface area contributed by atoms with Gasteiger partial charge < -0.3 is 35.8 Å². The van der Waals surface area contributed by atoms with Crippen molar-refractivity contribution in [2.75, 3.05) is 40.2 Å². The third-order valence-corrected chi connectivity index (χ3v) is 7.59. The monoisotopic (exact) mass is 515 g/mol. The molecule has 1 aromatic carbocycles. The van der Waals surface area contributed by atoms with E-state index in [9.17, 15) is 39.6 Å². The zero-order valence-electron chi connectivity index (χ0n) is 21.0. The summed E-state index contributed by atoms with van der Waals surface area (Å²) in [6.07, 6.45) is 0.0786. The number of anilines is 1. The lowest BCUT2D eigenvalue weighted by atomic mass is 9.58. The average molecular weight is 516 g/mol. The Hall–Kier alpha value is -3.90. The standard InChI is InChI=1S/C25H29N3O9/c1-27(2)13-8-11(24(35)37-5)18(29)15-10(13)6-9-7-12-17(28(3)4)20(31)16(23(26)34)22(33)25(12,36)21(32)14(9)19(15)30/h8-9,12,17,29,31-32,36H,6-7H2,1-5H3,(H2,26,34). The van der Waals surface area contributed by atoms with Gasteiger partial charge in [0.15, 0.2) is 11.4 Å². The molecule has 12 heteroatoms. The number of hydrogen-bond donors (Lipinski definition) is 5. The van der Waals surface area contributed by atoms with Crippen LogP contribution in [0.5, 0.6) is 5.75 Å². The first-order chi connectivity index (χ1) is 17.2. The molecule has 198 valence electrons. The molecule has 0 aliphatic heterocycles. The molecule has 1 amide bonds. The molecule has 0 fully saturated rings. The van der Waals surface area contributed by atoms with Crippen LogP contribution in [-0.4, -0.2) is 95.7 Å². The number of aliphatic hydroxyl groups is 3. The second-order valence-electron chi connectivity index (χ2n) is 9.99. The van der Waals surface area contributed by atoms with Crippen LogP contribution in [0.2, 0.25) is 0 Å². The van der Waals surface area contributed by atoms with Crippen molar-refractivity contribution >= 4 is 29.1 Å². The van der Waals surface area contributed by atoms with Gasteiger partial charge in [0.25, 0.3) is 5.91 Å². The van der Waals surface area contributed by atoms with Gasteiger partial charge in [-0.05, 0) is 44.5 Å². The number of nitrogens with two attached hydrogens (primary N) is 1. The maximum absolute atomic E-state index is 13.8. The van der Waals surface area contributed by atoms with Gasteiger partial charge >= 0.3 is 5.97 Å². The molecule has 1 aromatic rings. The maximum atomic E-state index is 13.8. The number of aromatic hydroxyl groups is 1. The van der Waals surface area contributed by atoms with Crippen molar-refractivity contribution in [3.05, 3.63) is 45.4 Å². The molecule has 3 aliphatic rings. The molecular formula is C25H29N3O9. The predicted molar refractivity (Wildman–Crippen MR) is 129 cm³/mol. The number of carbonyl (C=O) groups excluding carboxylic acids is 4. The fourth-order valence-corrected chi connectivity index (χ4v) is 5.96. The van der Waals surface area contributed by atoms with Crippen molar-refractivity contribution in [1.29, 1.82) is 0 Å². The molecule has 6 N–H and O–H groups in total.